The van der Waals surface area contributed by atoms with Crippen LogP contribution in [-0.4, -0.2) is 10.5 Å². The van der Waals surface area contributed by atoms with E-state index in [1.165, 1.54) is 5.56 Å². The van der Waals surface area contributed by atoms with Crippen LogP contribution in [0.2, 0.25) is 0 Å². The number of benzene rings is 1. The number of nitrogens with one attached hydrogen (secondary N) is 1. The Bertz CT molecular complexity index is 556. The van der Waals surface area contributed by atoms with Gasteiger partial charge in [-0.15, -0.1) is 0 Å². The van der Waals surface area contributed by atoms with Crippen LogP contribution < -0.4 is 10.1 Å². The van der Waals surface area contributed by atoms with Gasteiger partial charge in [-0.25, -0.2) is 4.98 Å². The molecule has 1 heterocycles. The molecule has 0 amide bonds. The van der Waals surface area contributed by atoms with Gasteiger partial charge in [0.25, 0.3) is 0 Å². The lowest BCUT2D eigenvalue weighted by Gasteiger charge is -2.20. The predicted molar refractivity (Wildman–Crippen MR) is 82.1 cm³/mol. The SMILES string of the molecule is Cc1cccc(Oc2ccc(CNC(C)(C)C)cn2)c1. The molecule has 2 aromatic rings. The molecule has 0 aliphatic carbocycles. The highest BCUT2D eigenvalue weighted by Gasteiger charge is 2.08. The molecule has 3 nitrogen and oxygen atoms in total. The van der Waals surface area contributed by atoms with Crippen molar-refractivity contribution < 1.29 is 4.74 Å². The molecule has 0 fully saturated rings. The second-order valence-electron chi connectivity index (χ2n) is 6.03. The number of pyridine rings is 1. The zero-order valence-corrected chi connectivity index (χ0v) is 12.6. The average molecular weight is 270 g/mol. The van der Waals surface area contributed by atoms with Gasteiger partial charge in [0.1, 0.15) is 5.75 Å². The summed E-state index contributed by atoms with van der Waals surface area (Å²) in [7, 11) is 0. The summed E-state index contributed by atoms with van der Waals surface area (Å²) < 4.78 is 5.73. The Morgan fingerprint density at radius 1 is 1.15 bits per heavy atom. The lowest BCUT2D eigenvalue weighted by molar-refractivity contribution is 0.423. The van der Waals surface area contributed by atoms with Gasteiger partial charge in [-0.2, -0.15) is 0 Å². The van der Waals surface area contributed by atoms with E-state index in [1.807, 2.05) is 49.5 Å². The first kappa shape index (κ1) is 14.5. The summed E-state index contributed by atoms with van der Waals surface area (Å²) in [6.07, 6.45) is 1.85. The van der Waals surface area contributed by atoms with E-state index < -0.39 is 0 Å². The fourth-order valence-corrected chi connectivity index (χ4v) is 1.74. The average Bonchev–Trinajstić information content (AvgIpc) is 2.37. The van der Waals surface area contributed by atoms with Gasteiger partial charge in [0.05, 0.1) is 0 Å². The molecule has 0 spiro atoms. The number of ether oxygens (including phenoxy) is 1. The summed E-state index contributed by atoms with van der Waals surface area (Å²) in [6, 6.07) is 11.9. The molecule has 0 radical (unpaired) electrons. The Balaban J connectivity index is 1.98. The summed E-state index contributed by atoms with van der Waals surface area (Å²) in [4.78, 5) is 4.34. The topological polar surface area (TPSA) is 34.1 Å². The summed E-state index contributed by atoms with van der Waals surface area (Å²) in [5.74, 6) is 1.44. The largest absolute Gasteiger partial charge is 0.439 e. The highest BCUT2D eigenvalue weighted by molar-refractivity contribution is 5.31. The first-order valence-corrected chi connectivity index (χ1v) is 6.87. The maximum Gasteiger partial charge on any atom is 0.219 e. The van der Waals surface area contributed by atoms with Crippen LogP contribution in [0.5, 0.6) is 11.6 Å². The molecule has 1 aromatic heterocycles. The third-order valence-electron chi connectivity index (χ3n) is 2.83. The quantitative estimate of drug-likeness (QED) is 0.909. The molecule has 0 bridgehead atoms. The van der Waals surface area contributed by atoms with E-state index in [9.17, 15) is 0 Å². The van der Waals surface area contributed by atoms with Crippen LogP contribution in [0, 0.1) is 6.92 Å². The van der Waals surface area contributed by atoms with Crippen molar-refractivity contribution in [3.05, 3.63) is 53.7 Å². The number of rotatable bonds is 4. The first-order chi connectivity index (χ1) is 9.42. The molecular formula is C17H22N2O. The fourth-order valence-electron chi connectivity index (χ4n) is 1.74. The van der Waals surface area contributed by atoms with Crippen LogP contribution in [0.25, 0.3) is 0 Å². The number of aryl methyl sites for hydroxylation is 1. The molecule has 1 aromatic carbocycles. The van der Waals surface area contributed by atoms with Crippen molar-refractivity contribution in [2.45, 2.75) is 39.8 Å². The molecule has 0 saturated carbocycles. The van der Waals surface area contributed by atoms with Crippen molar-refractivity contribution in [2.24, 2.45) is 0 Å². The molecule has 1 N–H and O–H groups in total. The molecule has 0 aliphatic rings. The van der Waals surface area contributed by atoms with Gasteiger partial charge in [0.15, 0.2) is 0 Å². The second-order valence-corrected chi connectivity index (χ2v) is 6.03. The van der Waals surface area contributed by atoms with Gasteiger partial charge in [-0.05, 0) is 51.0 Å². The van der Waals surface area contributed by atoms with Crippen molar-refractivity contribution >= 4 is 0 Å². The molecule has 106 valence electrons. The molecule has 0 saturated heterocycles. The van der Waals surface area contributed by atoms with Crippen LogP contribution in [0.4, 0.5) is 0 Å². The highest BCUT2D eigenvalue weighted by Crippen LogP contribution is 2.20. The minimum Gasteiger partial charge on any atom is -0.439 e. The van der Waals surface area contributed by atoms with Crippen LogP contribution in [0.15, 0.2) is 42.6 Å². The number of hydrogen-bond acceptors (Lipinski definition) is 3. The maximum atomic E-state index is 5.73. The van der Waals surface area contributed by atoms with Gasteiger partial charge >= 0.3 is 0 Å². The summed E-state index contributed by atoms with van der Waals surface area (Å²) >= 11 is 0. The third-order valence-corrected chi connectivity index (χ3v) is 2.83. The van der Waals surface area contributed by atoms with E-state index in [-0.39, 0.29) is 5.54 Å². The van der Waals surface area contributed by atoms with Crippen LogP contribution in [-0.2, 0) is 6.54 Å². The Morgan fingerprint density at radius 2 is 1.95 bits per heavy atom. The van der Waals surface area contributed by atoms with Crippen molar-refractivity contribution in [1.82, 2.24) is 10.3 Å². The van der Waals surface area contributed by atoms with Gasteiger partial charge in [-0.3, -0.25) is 0 Å². The lowest BCUT2D eigenvalue weighted by atomic mass is 10.1. The van der Waals surface area contributed by atoms with Gasteiger partial charge in [0.2, 0.25) is 5.88 Å². The van der Waals surface area contributed by atoms with E-state index >= 15 is 0 Å². The predicted octanol–water partition coefficient (Wildman–Crippen LogP) is 4.07. The van der Waals surface area contributed by atoms with E-state index in [2.05, 4.69) is 31.1 Å². The zero-order valence-electron chi connectivity index (χ0n) is 12.6. The summed E-state index contributed by atoms with van der Waals surface area (Å²) in [5, 5.41) is 3.43. The van der Waals surface area contributed by atoms with Crippen molar-refractivity contribution in [3.63, 3.8) is 0 Å². The Morgan fingerprint density at radius 3 is 2.55 bits per heavy atom. The number of nitrogens with zero attached hydrogens (tertiary/aromatic N) is 1. The molecule has 20 heavy (non-hydrogen) atoms. The molecule has 2 rings (SSSR count). The Kier molecular flexibility index (Phi) is 4.40. The lowest BCUT2D eigenvalue weighted by Crippen LogP contribution is -2.35. The fraction of sp³-hybridized carbons (Fsp3) is 0.353. The number of hydrogen-bond donors (Lipinski definition) is 1. The first-order valence-electron chi connectivity index (χ1n) is 6.87. The van der Waals surface area contributed by atoms with E-state index in [4.69, 9.17) is 4.74 Å². The third kappa shape index (κ3) is 4.67. The van der Waals surface area contributed by atoms with Crippen LogP contribution >= 0.6 is 0 Å². The monoisotopic (exact) mass is 270 g/mol. The molecule has 3 heteroatoms. The van der Waals surface area contributed by atoms with E-state index in [1.54, 1.807) is 0 Å². The second kappa shape index (κ2) is 6.06. The Labute approximate surface area is 121 Å². The number of aromatic nitrogens is 1. The maximum absolute atomic E-state index is 5.73. The highest BCUT2D eigenvalue weighted by atomic mass is 16.5. The standard InChI is InChI=1S/C17H22N2O/c1-13-6-5-7-15(10-13)20-16-9-8-14(11-18-16)12-19-17(2,3)4/h5-11,19H,12H2,1-4H3. The van der Waals surface area contributed by atoms with Crippen molar-refractivity contribution in [2.75, 3.05) is 0 Å². The van der Waals surface area contributed by atoms with Crippen LogP contribution in [0.3, 0.4) is 0 Å². The normalized spacial score (nSPS) is 11.4. The molecule has 0 atom stereocenters. The molecule has 0 unspecified atom stereocenters. The molecule has 0 aliphatic heterocycles. The zero-order chi connectivity index (χ0) is 14.6. The van der Waals surface area contributed by atoms with Gasteiger partial charge < -0.3 is 10.1 Å². The van der Waals surface area contributed by atoms with Crippen LogP contribution in [0.1, 0.15) is 31.9 Å². The smallest absolute Gasteiger partial charge is 0.219 e. The van der Waals surface area contributed by atoms with Gasteiger partial charge in [-0.1, -0.05) is 18.2 Å². The molecular weight excluding hydrogens is 248 g/mol. The van der Waals surface area contributed by atoms with E-state index in [0.717, 1.165) is 17.9 Å². The van der Waals surface area contributed by atoms with Gasteiger partial charge in [0, 0.05) is 24.3 Å². The minimum atomic E-state index is 0.108. The van der Waals surface area contributed by atoms with Crippen molar-refractivity contribution in [1.29, 1.82) is 0 Å². The minimum absolute atomic E-state index is 0.108. The summed E-state index contributed by atoms with van der Waals surface area (Å²) in [6.45, 7) is 9.30. The van der Waals surface area contributed by atoms with E-state index in [0.29, 0.717) is 5.88 Å². The Hall–Kier alpha value is -1.87. The summed E-state index contributed by atoms with van der Waals surface area (Å²) in [5.41, 5.74) is 2.43. The van der Waals surface area contributed by atoms with Crippen molar-refractivity contribution in [3.8, 4) is 11.6 Å².